The van der Waals surface area contributed by atoms with Crippen molar-refractivity contribution in [2.75, 3.05) is 51.3 Å². The van der Waals surface area contributed by atoms with E-state index in [2.05, 4.69) is 34.9 Å². The average molecular weight is 426 g/mol. The first-order valence-electron chi connectivity index (χ1n) is 11.6. The molecule has 0 aliphatic carbocycles. The number of methoxy groups -OCH3 is 1. The highest BCUT2D eigenvalue weighted by molar-refractivity contribution is 5.91. The van der Waals surface area contributed by atoms with Crippen LogP contribution in [0.3, 0.4) is 0 Å². The molecule has 1 aromatic carbocycles. The number of carbonyl (C=O) groups excluding carboxylic acids is 1. The Hall–Kier alpha value is -2.25. The van der Waals surface area contributed by atoms with E-state index in [1.807, 2.05) is 4.90 Å². The van der Waals surface area contributed by atoms with E-state index in [1.54, 1.807) is 14.0 Å². The Balaban J connectivity index is 1.62. The number of aryl methyl sites for hydroxylation is 1. The Bertz CT molecular complexity index is 910. The molecular formula is C24H35N5O2. The minimum Gasteiger partial charge on any atom is -0.385 e. The van der Waals surface area contributed by atoms with Crippen molar-refractivity contribution in [3.8, 4) is 0 Å². The number of rotatable bonds is 6. The zero-order chi connectivity index (χ0) is 21.8. The quantitative estimate of drug-likeness (QED) is 0.709. The molecule has 2 aliphatic rings. The van der Waals surface area contributed by atoms with E-state index >= 15 is 0 Å². The number of para-hydroxylation sites is 1. The number of hydrogen-bond donors (Lipinski definition) is 0. The number of aromatic nitrogens is 2. The van der Waals surface area contributed by atoms with Crippen LogP contribution in [0.1, 0.15) is 44.0 Å². The van der Waals surface area contributed by atoms with Gasteiger partial charge in [-0.2, -0.15) is 0 Å². The summed E-state index contributed by atoms with van der Waals surface area (Å²) in [7, 11) is 1.78. The molecule has 31 heavy (non-hydrogen) atoms. The molecule has 2 aliphatic heterocycles. The smallest absolute Gasteiger partial charge is 0.219 e. The standard InChI is InChI=1S/C24H35N5O2/c1-18-7-6-9-21-23(18)25-22(17-29-11-5-4-8-20(29)10-16-31-3)26-24(21)28-14-12-27(13-15-28)19(2)30/h6-7,9,20H,4-5,8,10-17H2,1-3H3. The van der Waals surface area contributed by atoms with E-state index in [0.29, 0.717) is 6.04 Å². The Morgan fingerprint density at radius 3 is 2.68 bits per heavy atom. The maximum absolute atomic E-state index is 11.7. The summed E-state index contributed by atoms with van der Waals surface area (Å²) < 4.78 is 5.35. The Kier molecular flexibility index (Phi) is 7.02. The van der Waals surface area contributed by atoms with E-state index in [9.17, 15) is 4.79 Å². The van der Waals surface area contributed by atoms with Crippen LogP contribution in [-0.2, 0) is 16.1 Å². The van der Waals surface area contributed by atoms with Crippen molar-refractivity contribution >= 4 is 22.6 Å². The minimum absolute atomic E-state index is 0.149. The first-order chi connectivity index (χ1) is 15.1. The van der Waals surface area contributed by atoms with Gasteiger partial charge in [-0.3, -0.25) is 9.69 Å². The van der Waals surface area contributed by atoms with Gasteiger partial charge >= 0.3 is 0 Å². The van der Waals surface area contributed by atoms with Gasteiger partial charge in [0.05, 0.1) is 12.1 Å². The third kappa shape index (κ3) is 4.99. The Morgan fingerprint density at radius 1 is 1.13 bits per heavy atom. The first-order valence-corrected chi connectivity index (χ1v) is 11.6. The maximum atomic E-state index is 11.7. The molecule has 7 nitrogen and oxygen atoms in total. The van der Waals surface area contributed by atoms with Gasteiger partial charge in [0.1, 0.15) is 11.6 Å². The van der Waals surface area contributed by atoms with Crippen molar-refractivity contribution in [2.45, 2.75) is 52.1 Å². The summed E-state index contributed by atoms with van der Waals surface area (Å²) in [6.45, 7) is 9.54. The van der Waals surface area contributed by atoms with Crippen LogP contribution in [0, 0.1) is 6.92 Å². The lowest BCUT2D eigenvalue weighted by atomic mass is 9.99. The summed E-state index contributed by atoms with van der Waals surface area (Å²) in [5.41, 5.74) is 2.22. The summed E-state index contributed by atoms with van der Waals surface area (Å²) in [6, 6.07) is 6.87. The molecule has 7 heteroatoms. The second-order valence-electron chi connectivity index (χ2n) is 8.83. The molecule has 1 aromatic heterocycles. The van der Waals surface area contributed by atoms with Gasteiger partial charge in [0.15, 0.2) is 0 Å². The van der Waals surface area contributed by atoms with Crippen molar-refractivity contribution in [1.29, 1.82) is 0 Å². The van der Waals surface area contributed by atoms with Gasteiger partial charge in [0, 0.05) is 58.2 Å². The molecule has 1 amide bonds. The zero-order valence-corrected chi connectivity index (χ0v) is 19.1. The van der Waals surface area contributed by atoms with Crippen LogP contribution in [0.2, 0.25) is 0 Å². The highest BCUT2D eigenvalue weighted by atomic mass is 16.5. The number of hydrogen-bond acceptors (Lipinski definition) is 6. The summed E-state index contributed by atoms with van der Waals surface area (Å²) >= 11 is 0. The number of benzene rings is 1. The molecule has 2 saturated heterocycles. The van der Waals surface area contributed by atoms with Crippen LogP contribution in [-0.4, -0.2) is 78.2 Å². The van der Waals surface area contributed by atoms with Crippen molar-refractivity contribution in [3.63, 3.8) is 0 Å². The fraction of sp³-hybridized carbons (Fsp3) is 0.625. The highest BCUT2D eigenvalue weighted by Crippen LogP contribution is 2.28. The Morgan fingerprint density at radius 2 is 1.94 bits per heavy atom. The number of nitrogens with zero attached hydrogens (tertiary/aromatic N) is 5. The zero-order valence-electron chi connectivity index (χ0n) is 19.1. The maximum Gasteiger partial charge on any atom is 0.219 e. The molecule has 2 fully saturated rings. The van der Waals surface area contributed by atoms with Gasteiger partial charge in [-0.05, 0) is 44.4 Å². The molecule has 0 saturated carbocycles. The van der Waals surface area contributed by atoms with Crippen molar-refractivity contribution in [3.05, 3.63) is 29.6 Å². The molecular weight excluding hydrogens is 390 g/mol. The monoisotopic (exact) mass is 425 g/mol. The predicted octanol–water partition coefficient (Wildman–Crippen LogP) is 3.00. The number of piperidine rings is 1. The molecule has 1 atom stereocenters. The molecule has 3 heterocycles. The van der Waals surface area contributed by atoms with Crippen LogP contribution in [0.5, 0.6) is 0 Å². The largest absolute Gasteiger partial charge is 0.385 e. The second-order valence-corrected chi connectivity index (χ2v) is 8.83. The predicted molar refractivity (Wildman–Crippen MR) is 123 cm³/mol. The number of fused-ring (bicyclic) bond motifs is 1. The number of likely N-dealkylation sites (tertiary alicyclic amines) is 1. The molecule has 168 valence electrons. The lowest BCUT2D eigenvalue weighted by Crippen LogP contribution is -2.48. The fourth-order valence-electron chi connectivity index (χ4n) is 4.90. The fourth-order valence-corrected chi connectivity index (χ4v) is 4.90. The third-order valence-corrected chi connectivity index (χ3v) is 6.73. The number of piperazine rings is 1. The number of ether oxygens (including phenoxy) is 1. The summed E-state index contributed by atoms with van der Waals surface area (Å²) in [4.78, 5) is 28.6. The SMILES string of the molecule is COCCC1CCCCN1Cc1nc(N2CCN(C(C)=O)CC2)c2cccc(C)c2n1. The van der Waals surface area contributed by atoms with Gasteiger partial charge in [0.2, 0.25) is 5.91 Å². The van der Waals surface area contributed by atoms with Crippen molar-refractivity contribution in [2.24, 2.45) is 0 Å². The van der Waals surface area contributed by atoms with E-state index in [-0.39, 0.29) is 5.91 Å². The van der Waals surface area contributed by atoms with E-state index in [0.717, 1.165) is 74.8 Å². The van der Waals surface area contributed by atoms with Crippen molar-refractivity contribution in [1.82, 2.24) is 19.8 Å². The van der Waals surface area contributed by atoms with Crippen LogP contribution >= 0.6 is 0 Å². The van der Waals surface area contributed by atoms with Crippen LogP contribution in [0.25, 0.3) is 10.9 Å². The van der Waals surface area contributed by atoms with Crippen LogP contribution < -0.4 is 4.90 Å². The number of carbonyl (C=O) groups is 1. The third-order valence-electron chi connectivity index (χ3n) is 6.73. The summed E-state index contributed by atoms with van der Waals surface area (Å²) in [6.07, 6.45) is 4.79. The average Bonchev–Trinajstić information content (AvgIpc) is 2.79. The molecule has 2 aromatic rings. The van der Waals surface area contributed by atoms with Crippen LogP contribution in [0.4, 0.5) is 5.82 Å². The van der Waals surface area contributed by atoms with Gasteiger partial charge < -0.3 is 14.5 Å². The Labute approximate surface area is 185 Å². The molecule has 0 spiro atoms. The molecule has 0 N–H and O–H groups in total. The highest BCUT2D eigenvalue weighted by Gasteiger charge is 2.25. The minimum atomic E-state index is 0.149. The summed E-state index contributed by atoms with van der Waals surface area (Å²) in [5.74, 6) is 2.06. The molecule has 0 radical (unpaired) electrons. The van der Waals surface area contributed by atoms with E-state index in [1.165, 1.54) is 24.8 Å². The van der Waals surface area contributed by atoms with Gasteiger partial charge in [-0.25, -0.2) is 9.97 Å². The lowest BCUT2D eigenvalue weighted by molar-refractivity contribution is -0.129. The molecule has 1 unspecified atom stereocenters. The lowest BCUT2D eigenvalue weighted by Gasteiger charge is -2.37. The number of amides is 1. The van der Waals surface area contributed by atoms with E-state index < -0.39 is 0 Å². The van der Waals surface area contributed by atoms with Gasteiger partial charge in [0.25, 0.3) is 0 Å². The second kappa shape index (κ2) is 9.92. The molecule has 4 rings (SSSR count). The molecule has 0 bridgehead atoms. The van der Waals surface area contributed by atoms with Crippen molar-refractivity contribution < 1.29 is 9.53 Å². The van der Waals surface area contributed by atoms with Gasteiger partial charge in [-0.15, -0.1) is 0 Å². The van der Waals surface area contributed by atoms with E-state index in [4.69, 9.17) is 14.7 Å². The first kappa shape index (κ1) is 22.0. The summed E-state index contributed by atoms with van der Waals surface area (Å²) in [5, 5.41) is 1.11. The number of anilines is 1. The topological polar surface area (TPSA) is 61.8 Å². The van der Waals surface area contributed by atoms with Crippen LogP contribution in [0.15, 0.2) is 18.2 Å². The normalized spacial score (nSPS) is 20.4. The van der Waals surface area contributed by atoms with Gasteiger partial charge in [-0.1, -0.05) is 18.6 Å².